The number of anilines is 1. The zero-order valence-corrected chi connectivity index (χ0v) is 20.0. The van der Waals surface area contributed by atoms with E-state index < -0.39 is 11.9 Å². The maximum absolute atomic E-state index is 13.7. The van der Waals surface area contributed by atoms with Gasteiger partial charge in [0.05, 0.1) is 24.1 Å². The standard InChI is InChI=1S/C25H23N3O5S/c1-12(2)9-19-26-27-25(34-19)28-21(14-6-7-16(29)18(11-14)32-4)20-22(30)15-10-13(3)5-8-17(15)33-23(20)24(28)31/h5-8,10-12,21,29H,9H2,1-4H3/t21-/m0/s1. The Morgan fingerprint density at radius 2 is 1.97 bits per heavy atom. The van der Waals surface area contributed by atoms with Crippen LogP contribution in [0.5, 0.6) is 11.5 Å². The first-order valence-corrected chi connectivity index (χ1v) is 11.7. The van der Waals surface area contributed by atoms with Crippen molar-refractivity contribution in [3.05, 3.63) is 74.1 Å². The first-order chi connectivity index (χ1) is 16.3. The SMILES string of the molecule is COc1cc([C@H]2c3c(oc4ccc(C)cc4c3=O)C(=O)N2c2nnc(CC(C)C)s2)ccc1O. The molecule has 0 spiro atoms. The Kier molecular flexibility index (Phi) is 5.36. The van der Waals surface area contributed by atoms with Crippen LogP contribution < -0.4 is 15.1 Å². The number of hydrogen-bond donors (Lipinski definition) is 1. The largest absolute Gasteiger partial charge is 0.504 e. The smallest absolute Gasteiger partial charge is 0.297 e. The summed E-state index contributed by atoms with van der Waals surface area (Å²) in [5, 5.41) is 20.2. The third-order valence-electron chi connectivity index (χ3n) is 5.79. The molecular weight excluding hydrogens is 454 g/mol. The van der Waals surface area contributed by atoms with Crippen LogP contribution in [0.25, 0.3) is 11.0 Å². The predicted molar refractivity (Wildman–Crippen MR) is 129 cm³/mol. The molecule has 0 saturated carbocycles. The number of carbonyl (C=O) groups is 1. The number of methoxy groups -OCH3 is 1. The van der Waals surface area contributed by atoms with Crippen LogP contribution in [0.1, 0.15) is 52.1 Å². The lowest BCUT2D eigenvalue weighted by Gasteiger charge is -2.22. The lowest BCUT2D eigenvalue weighted by Crippen LogP contribution is -2.29. The number of carbonyl (C=O) groups excluding carboxylic acids is 1. The van der Waals surface area contributed by atoms with Crippen LogP contribution in [0.3, 0.4) is 0 Å². The molecule has 4 aromatic rings. The molecule has 0 aliphatic carbocycles. The van der Waals surface area contributed by atoms with Gasteiger partial charge in [0.25, 0.3) is 5.91 Å². The molecule has 0 saturated heterocycles. The van der Waals surface area contributed by atoms with Crippen LogP contribution in [0.15, 0.2) is 45.6 Å². The molecule has 0 bridgehead atoms. The van der Waals surface area contributed by atoms with Crippen molar-refractivity contribution < 1.29 is 19.1 Å². The highest BCUT2D eigenvalue weighted by Gasteiger charge is 2.45. The van der Waals surface area contributed by atoms with Crippen molar-refractivity contribution in [2.45, 2.75) is 33.2 Å². The van der Waals surface area contributed by atoms with Crippen molar-refractivity contribution >= 4 is 33.3 Å². The van der Waals surface area contributed by atoms with Crippen molar-refractivity contribution in [1.82, 2.24) is 10.2 Å². The van der Waals surface area contributed by atoms with Crippen molar-refractivity contribution in [1.29, 1.82) is 0 Å². The highest BCUT2D eigenvalue weighted by Crippen LogP contribution is 2.44. The number of phenols is 1. The maximum Gasteiger partial charge on any atom is 0.297 e. The monoisotopic (exact) mass is 477 g/mol. The molecule has 5 rings (SSSR count). The lowest BCUT2D eigenvalue weighted by atomic mass is 9.98. The van der Waals surface area contributed by atoms with E-state index in [9.17, 15) is 14.7 Å². The van der Waals surface area contributed by atoms with E-state index in [4.69, 9.17) is 9.15 Å². The van der Waals surface area contributed by atoms with E-state index in [0.29, 0.717) is 27.6 Å². The maximum atomic E-state index is 13.7. The number of nitrogens with zero attached hydrogens (tertiary/aromatic N) is 3. The quantitative estimate of drug-likeness (QED) is 0.447. The van der Waals surface area contributed by atoms with Crippen molar-refractivity contribution in [2.75, 3.05) is 12.0 Å². The van der Waals surface area contributed by atoms with Crippen LogP contribution in [0.4, 0.5) is 5.13 Å². The summed E-state index contributed by atoms with van der Waals surface area (Å²) in [6, 6.07) is 9.24. The van der Waals surface area contributed by atoms with Gasteiger partial charge in [-0.2, -0.15) is 0 Å². The molecule has 8 nitrogen and oxygen atoms in total. The third kappa shape index (κ3) is 3.52. The first kappa shape index (κ1) is 22.1. The van der Waals surface area contributed by atoms with Crippen molar-refractivity contribution in [2.24, 2.45) is 5.92 Å². The summed E-state index contributed by atoms with van der Waals surface area (Å²) in [7, 11) is 1.44. The number of fused-ring (bicyclic) bond motifs is 2. The molecule has 1 aliphatic rings. The number of ether oxygens (including phenoxy) is 1. The Hall–Kier alpha value is -3.72. The number of phenolic OH excluding ortho intramolecular Hbond substituents is 1. The van der Waals surface area contributed by atoms with E-state index in [2.05, 4.69) is 24.0 Å². The summed E-state index contributed by atoms with van der Waals surface area (Å²) >= 11 is 1.32. The fourth-order valence-corrected chi connectivity index (χ4v) is 5.31. The average Bonchev–Trinajstić information content (AvgIpc) is 3.36. The minimum Gasteiger partial charge on any atom is -0.504 e. The van der Waals surface area contributed by atoms with E-state index in [-0.39, 0.29) is 28.3 Å². The predicted octanol–water partition coefficient (Wildman–Crippen LogP) is 4.62. The molecule has 1 amide bonds. The molecule has 2 aromatic heterocycles. The Balaban J connectivity index is 1.76. The second-order valence-corrected chi connectivity index (χ2v) is 9.80. The molecule has 3 heterocycles. The summed E-state index contributed by atoms with van der Waals surface area (Å²) in [4.78, 5) is 28.8. The van der Waals surface area contributed by atoms with E-state index in [0.717, 1.165) is 17.0 Å². The molecule has 0 radical (unpaired) electrons. The van der Waals surface area contributed by atoms with Crippen molar-refractivity contribution in [3.63, 3.8) is 0 Å². The van der Waals surface area contributed by atoms with Gasteiger partial charge < -0.3 is 14.3 Å². The molecule has 1 aliphatic heterocycles. The van der Waals surface area contributed by atoms with Gasteiger partial charge in [0, 0.05) is 6.42 Å². The van der Waals surface area contributed by atoms with Gasteiger partial charge in [-0.05, 0) is 42.7 Å². The molecule has 1 N–H and O–H groups in total. The zero-order chi connectivity index (χ0) is 24.1. The average molecular weight is 478 g/mol. The molecule has 34 heavy (non-hydrogen) atoms. The van der Waals surface area contributed by atoms with Gasteiger partial charge in [-0.3, -0.25) is 14.5 Å². The van der Waals surface area contributed by atoms with Crippen LogP contribution in [-0.4, -0.2) is 28.3 Å². The van der Waals surface area contributed by atoms with E-state index >= 15 is 0 Å². The van der Waals surface area contributed by atoms with Crippen LogP contribution >= 0.6 is 11.3 Å². The highest BCUT2D eigenvalue weighted by molar-refractivity contribution is 7.15. The molecule has 2 aromatic carbocycles. The summed E-state index contributed by atoms with van der Waals surface area (Å²) in [5.41, 5.74) is 1.80. The second-order valence-electron chi connectivity index (χ2n) is 8.76. The molecular formula is C25H23N3O5S. The normalized spacial score (nSPS) is 15.4. The summed E-state index contributed by atoms with van der Waals surface area (Å²) < 4.78 is 11.3. The van der Waals surface area contributed by atoms with Gasteiger partial charge >= 0.3 is 0 Å². The van der Waals surface area contributed by atoms with Crippen LogP contribution in [-0.2, 0) is 6.42 Å². The fraction of sp³-hybridized carbons (Fsp3) is 0.280. The topological polar surface area (TPSA) is 106 Å². The fourth-order valence-electron chi connectivity index (χ4n) is 4.24. The number of rotatable bonds is 5. The van der Waals surface area contributed by atoms with Crippen LogP contribution in [0, 0.1) is 12.8 Å². The zero-order valence-electron chi connectivity index (χ0n) is 19.2. The van der Waals surface area contributed by atoms with Crippen molar-refractivity contribution in [3.8, 4) is 11.5 Å². The van der Waals surface area contributed by atoms with Gasteiger partial charge in [-0.1, -0.05) is 42.9 Å². The van der Waals surface area contributed by atoms with Gasteiger partial charge in [-0.15, -0.1) is 10.2 Å². The number of aryl methyl sites for hydroxylation is 1. The molecule has 174 valence electrons. The Bertz CT molecular complexity index is 1490. The number of hydrogen-bond acceptors (Lipinski definition) is 8. The molecule has 1 atom stereocenters. The number of amides is 1. The molecule has 0 unspecified atom stereocenters. The summed E-state index contributed by atoms with van der Waals surface area (Å²) in [6.45, 7) is 6.06. The van der Waals surface area contributed by atoms with Gasteiger partial charge in [0.1, 0.15) is 10.6 Å². The molecule has 9 heteroatoms. The number of benzene rings is 2. The first-order valence-electron chi connectivity index (χ1n) is 10.9. The minimum atomic E-state index is -0.807. The van der Waals surface area contributed by atoms with E-state index in [1.807, 2.05) is 13.0 Å². The number of aromatic hydroxyl groups is 1. The highest BCUT2D eigenvalue weighted by atomic mass is 32.1. The van der Waals surface area contributed by atoms with Gasteiger partial charge in [0.15, 0.2) is 16.9 Å². The molecule has 0 fully saturated rings. The Labute approximate surface area is 199 Å². The van der Waals surface area contributed by atoms with Gasteiger partial charge in [-0.25, -0.2) is 0 Å². The third-order valence-corrected chi connectivity index (χ3v) is 6.74. The van der Waals surface area contributed by atoms with Crippen LogP contribution in [0.2, 0.25) is 0 Å². The number of aromatic nitrogens is 2. The Morgan fingerprint density at radius 1 is 1.18 bits per heavy atom. The lowest BCUT2D eigenvalue weighted by molar-refractivity contribution is 0.0970. The second kappa shape index (κ2) is 8.25. The Morgan fingerprint density at radius 3 is 2.71 bits per heavy atom. The van der Waals surface area contributed by atoms with E-state index in [1.165, 1.54) is 29.4 Å². The minimum absolute atomic E-state index is 0.0148. The van der Waals surface area contributed by atoms with Gasteiger partial charge in [0.2, 0.25) is 10.9 Å². The summed E-state index contributed by atoms with van der Waals surface area (Å²) in [5.74, 6) is 0.0925. The van der Waals surface area contributed by atoms with E-state index in [1.54, 1.807) is 24.3 Å². The summed E-state index contributed by atoms with van der Waals surface area (Å²) in [6.07, 6.45) is 0.727.